The highest BCUT2D eigenvalue weighted by Crippen LogP contribution is 2.14. The molecule has 27 heavy (non-hydrogen) atoms. The zero-order chi connectivity index (χ0) is 19.3. The highest BCUT2D eigenvalue weighted by Gasteiger charge is 2.11. The van der Waals surface area contributed by atoms with Crippen LogP contribution in [0.2, 0.25) is 0 Å². The average molecular weight is 375 g/mol. The van der Waals surface area contributed by atoms with Gasteiger partial charge in [-0.05, 0) is 30.5 Å². The predicted octanol–water partition coefficient (Wildman–Crippen LogP) is 2.71. The lowest BCUT2D eigenvalue weighted by Crippen LogP contribution is -2.20. The van der Waals surface area contributed by atoms with Crippen LogP contribution < -0.4 is 10.5 Å². The second-order valence-electron chi connectivity index (χ2n) is 6.38. The molecule has 0 radical (unpaired) electrons. The average Bonchev–Trinajstić information content (AvgIpc) is 3.20. The summed E-state index contributed by atoms with van der Waals surface area (Å²) in [6.07, 6.45) is 8.55. The molecule has 7 nitrogen and oxygen atoms in total. The molecule has 1 aromatic carbocycles. The van der Waals surface area contributed by atoms with Crippen LogP contribution >= 0.6 is 0 Å². The molecule has 1 amide bonds. The van der Waals surface area contributed by atoms with E-state index in [0.717, 1.165) is 30.6 Å². The minimum Gasteiger partial charge on any atom is -0.497 e. The van der Waals surface area contributed by atoms with Crippen molar-refractivity contribution in [2.45, 2.75) is 38.3 Å². The van der Waals surface area contributed by atoms with Crippen LogP contribution in [0.15, 0.2) is 43.0 Å². The molecule has 0 aliphatic heterocycles. The van der Waals surface area contributed by atoms with Gasteiger partial charge in [0.2, 0.25) is 5.91 Å². The van der Waals surface area contributed by atoms with E-state index < -0.39 is 0 Å². The maximum absolute atomic E-state index is 10.7. The summed E-state index contributed by atoms with van der Waals surface area (Å²) >= 11 is 0. The standard InChI is InChI=1S/C20H29N3O4/c1-25-19-8-6-17(7-9-19)13-27-15-18(23-11-10-22-16-23)14-26-12-4-2-3-5-20(21)24/h6-11,16,18H,2-5,12-15H2,1H3,(H2,21,24). The molecule has 1 heterocycles. The third kappa shape index (κ3) is 8.23. The molecular formula is C20H29N3O4. The Balaban J connectivity index is 1.70. The Morgan fingerprint density at radius 2 is 1.93 bits per heavy atom. The summed E-state index contributed by atoms with van der Waals surface area (Å²) in [6.45, 7) is 2.27. The van der Waals surface area contributed by atoms with Gasteiger partial charge in [-0.2, -0.15) is 0 Å². The lowest BCUT2D eigenvalue weighted by molar-refractivity contribution is -0.118. The molecule has 0 aliphatic rings. The van der Waals surface area contributed by atoms with Gasteiger partial charge in [0, 0.05) is 25.4 Å². The maximum Gasteiger partial charge on any atom is 0.217 e. The van der Waals surface area contributed by atoms with Crippen molar-refractivity contribution in [1.82, 2.24) is 9.55 Å². The third-order valence-corrected chi connectivity index (χ3v) is 4.21. The Morgan fingerprint density at radius 1 is 1.15 bits per heavy atom. The molecule has 0 spiro atoms. The molecule has 0 saturated heterocycles. The van der Waals surface area contributed by atoms with Gasteiger partial charge in [0.05, 0.1) is 39.3 Å². The number of nitrogens with zero attached hydrogens (tertiary/aromatic N) is 2. The van der Waals surface area contributed by atoms with Crippen LogP contribution in [0, 0.1) is 0 Å². The number of carbonyl (C=O) groups is 1. The van der Waals surface area contributed by atoms with E-state index in [1.54, 1.807) is 19.6 Å². The van der Waals surface area contributed by atoms with Crippen LogP contribution in [0.3, 0.4) is 0 Å². The fourth-order valence-electron chi connectivity index (χ4n) is 2.64. The number of methoxy groups -OCH3 is 1. The third-order valence-electron chi connectivity index (χ3n) is 4.21. The molecule has 0 fully saturated rings. The van der Waals surface area contributed by atoms with E-state index in [9.17, 15) is 4.79 Å². The van der Waals surface area contributed by atoms with E-state index in [4.69, 9.17) is 19.9 Å². The maximum atomic E-state index is 10.7. The van der Waals surface area contributed by atoms with E-state index in [1.807, 2.05) is 35.0 Å². The summed E-state index contributed by atoms with van der Waals surface area (Å²) in [5.41, 5.74) is 6.22. The van der Waals surface area contributed by atoms with Gasteiger partial charge in [-0.1, -0.05) is 18.6 Å². The molecule has 0 aliphatic carbocycles. The number of hydrogen-bond acceptors (Lipinski definition) is 5. The van der Waals surface area contributed by atoms with Crippen molar-refractivity contribution in [2.24, 2.45) is 5.73 Å². The fourth-order valence-corrected chi connectivity index (χ4v) is 2.64. The van der Waals surface area contributed by atoms with Gasteiger partial charge in [0.25, 0.3) is 0 Å². The number of carbonyl (C=O) groups excluding carboxylic acids is 1. The van der Waals surface area contributed by atoms with E-state index in [2.05, 4.69) is 4.98 Å². The van der Waals surface area contributed by atoms with E-state index in [0.29, 0.717) is 32.8 Å². The Labute approximate surface area is 160 Å². The molecular weight excluding hydrogens is 346 g/mol. The van der Waals surface area contributed by atoms with Gasteiger partial charge in [0.15, 0.2) is 0 Å². The zero-order valence-corrected chi connectivity index (χ0v) is 15.9. The van der Waals surface area contributed by atoms with Crippen LogP contribution in [0.4, 0.5) is 0 Å². The number of benzene rings is 1. The van der Waals surface area contributed by atoms with Crippen molar-refractivity contribution in [3.8, 4) is 5.75 Å². The SMILES string of the molecule is COc1ccc(COCC(COCCCCCC(N)=O)n2ccnc2)cc1. The van der Waals surface area contributed by atoms with E-state index >= 15 is 0 Å². The van der Waals surface area contributed by atoms with Gasteiger partial charge in [-0.25, -0.2) is 4.98 Å². The zero-order valence-electron chi connectivity index (χ0n) is 15.9. The fraction of sp³-hybridized carbons (Fsp3) is 0.500. The summed E-state index contributed by atoms with van der Waals surface area (Å²) in [7, 11) is 1.65. The number of ether oxygens (including phenoxy) is 3. The Morgan fingerprint density at radius 3 is 2.59 bits per heavy atom. The first-order valence-electron chi connectivity index (χ1n) is 9.23. The molecule has 2 N–H and O–H groups in total. The molecule has 1 unspecified atom stereocenters. The van der Waals surface area contributed by atoms with Gasteiger partial charge in [0.1, 0.15) is 5.75 Å². The van der Waals surface area contributed by atoms with Crippen LogP contribution in [-0.4, -0.2) is 42.4 Å². The number of hydrogen-bond donors (Lipinski definition) is 1. The largest absolute Gasteiger partial charge is 0.497 e. The second kappa shape index (κ2) is 12.1. The first-order valence-corrected chi connectivity index (χ1v) is 9.23. The van der Waals surface area contributed by atoms with Crippen molar-refractivity contribution >= 4 is 5.91 Å². The summed E-state index contributed by atoms with van der Waals surface area (Å²) < 4.78 is 18.8. The van der Waals surface area contributed by atoms with Crippen LogP contribution in [-0.2, 0) is 20.9 Å². The smallest absolute Gasteiger partial charge is 0.217 e. The predicted molar refractivity (Wildman–Crippen MR) is 102 cm³/mol. The van der Waals surface area contributed by atoms with E-state index in [1.165, 1.54) is 0 Å². The highest BCUT2D eigenvalue weighted by molar-refractivity contribution is 5.73. The van der Waals surface area contributed by atoms with Crippen LogP contribution in [0.25, 0.3) is 0 Å². The molecule has 1 atom stereocenters. The number of nitrogens with two attached hydrogens (primary N) is 1. The van der Waals surface area contributed by atoms with Gasteiger partial charge in [-0.3, -0.25) is 4.79 Å². The van der Waals surface area contributed by atoms with Crippen molar-refractivity contribution in [2.75, 3.05) is 26.9 Å². The van der Waals surface area contributed by atoms with Crippen molar-refractivity contribution in [3.63, 3.8) is 0 Å². The first kappa shape index (κ1) is 20.9. The van der Waals surface area contributed by atoms with E-state index in [-0.39, 0.29) is 11.9 Å². The summed E-state index contributed by atoms with van der Waals surface area (Å²) in [5.74, 6) is 0.587. The number of rotatable bonds is 14. The van der Waals surface area contributed by atoms with Crippen molar-refractivity contribution in [1.29, 1.82) is 0 Å². The number of amides is 1. The Hall–Kier alpha value is -2.38. The summed E-state index contributed by atoms with van der Waals surface area (Å²) in [5, 5.41) is 0. The van der Waals surface area contributed by atoms with Gasteiger partial charge >= 0.3 is 0 Å². The Bertz CT molecular complexity index is 644. The van der Waals surface area contributed by atoms with Gasteiger partial charge in [-0.15, -0.1) is 0 Å². The normalized spacial score (nSPS) is 12.0. The molecule has 7 heteroatoms. The number of aromatic nitrogens is 2. The quantitative estimate of drug-likeness (QED) is 0.513. The minimum absolute atomic E-state index is 0.0661. The molecule has 0 saturated carbocycles. The summed E-state index contributed by atoms with van der Waals surface area (Å²) in [4.78, 5) is 14.8. The molecule has 0 bridgehead atoms. The van der Waals surface area contributed by atoms with Crippen molar-refractivity contribution in [3.05, 3.63) is 48.5 Å². The second-order valence-corrected chi connectivity index (χ2v) is 6.38. The summed E-state index contributed by atoms with van der Waals surface area (Å²) in [6, 6.07) is 7.90. The molecule has 148 valence electrons. The van der Waals surface area contributed by atoms with Crippen LogP contribution in [0.5, 0.6) is 5.75 Å². The number of primary amides is 1. The molecule has 1 aromatic heterocycles. The number of imidazole rings is 1. The first-order chi connectivity index (χ1) is 13.2. The molecule has 2 rings (SSSR count). The van der Waals surface area contributed by atoms with Gasteiger partial charge < -0.3 is 24.5 Å². The lowest BCUT2D eigenvalue weighted by Gasteiger charge is -2.19. The number of unbranched alkanes of at least 4 members (excludes halogenated alkanes) is 2. The topological polar surface area (TPSA) is 88.6 Å². The minimum atomic E-state index is -0.245. The molecule has 2 aromatic rings. The van der Waals surface area contributed by atoms with Crippen LogP contribution in [0.1, 0.15) is 37.3 Å². The highest BCUT2D eigenvalue weighted by atomic mass is 16.5. The monoisotopic (exact) mass is 375 g/mol. The Kier molecular flexibility index (Phi) is 9.37. The van der Waals surface area contributed by atoms with Crippen molar-refractivity contribution < 1.29 is 19.0 Å². The lowest BCUT2D eigenvalue weighted by atomic mass is 10.2.